The Bertz CT molecular complexity index is 362. The Kier molecular flexibility index (Phi) is 3.78. The molecular formula is C13H20N2O. The van der Waals surface area contributed by atoms with Crippen molar-refractivity contribution >= 4 is 6.08 Å². The molecule has 3 nitrogen and oxygen atoms in total. The van der Waals surface area contributed by atoms with E-state index in [1.807, 2.05) is 17.8 Å². The predicted octanol–water partition coefficient (Wildman–Crippen LogP) is 2.38. The van der Waals surface area contributed by atoms with Crippen molar-refractivity contribution in [3.8, 4) is 0 Å². The molecule has 1 aliphatic rings. The predicted molar refractivity (Wildman–Crippen MR) is 64.8 cm³/mol. The van der Waals surface area contributed by atoms with Crippen molar-refractivity contribution in [1.29, 1.82) is 0 Å². The first-order valence-corrected chi connectivity index (χ1v) is 6.10. The lowest BCUT2D eigenvalue weighted by Crippen LogP contribution is -2.12. The zero-order valence-electron chi connectivity index (χ0n) is 9.89. The van der Waals surface area contributed by atoms with Crippen molar-refractivity contribution < 1.29 is 5.11 Å². The molecule has 0 spiro atoms. The summed E-state index contributed by atoms with van der Waals surface area (Å²) in [5, 5.41) is 13.6. The molecule has 0 atom stereocenters. The maximum atomic E-state index is 9.47. The van der Waals surface area contributed by atoms with Gasteiger partial charge in [-0.25, -0.2) is 0 Å². The molecule has 1 N–H and O–H groups in total. The van der Waals surface area contributed by atoms with Gasteiger partial charge in [-0.1, -0.05) is 19.3 Å². The SMILES string of the molecule is Cn1nccc1/C=C(/CO)C1CCCCC1. The fourth-order valence-corrected chi connectivity index (χ4v) is 2.48. The van der Waals surface area contributed by atoms with E-state index < -0.39 is 0 Å². The number of nitrogens with zero attached hydrogens (tertiary/aromatic N) is 2. The van der Waals surface area contributed by atoms with Gasteiger partial charge in [-0.05, 0) is 36.5 Å². The van der Waals surface area contributed by atoms with Crippen LogP contribution in [0.2, 0.25) is 0 Å². The summed E-state index contributed by atoms with van der Waals surface area (Å²) in [7, 11) is 1.93. The second kappa shape index (κ2) is 5.30. The van der Waals surface area contributed by atoms with E-state index in [0.29, 0.717) is 5.92 Å². The van der Waals surface area contributed by atoms with Gasteiger partial charge in [0.15, 0.2) is 0 Å². The monoisotopic (exact) mass is 220 g/mol. The summed E-state index contributed by atoms with van der Waals surface area (Å²) in [4.78, 5) is 0. The third-order valence-corrected chi connectivity index (χ3v) is 3.50. The lowest BCUT2D eigenvalue weighted by molar-refractivity contribution is 0.295. The minimum atomic E-state index is 0.176. The standard InChI is InChI=1S/C13H20N2O/c1-15-13(7-8-14-15)9-12(10-16)11-5-3-2-4-6-11/h7-9,11,16H,2-6,10H2,1H3/b12-9-. The fourth-order valence-electron chi connectivity index (χ4n) is 2.48. The van der Waals surface area contributed by atoms with Crippen molar-refractivity contribution in [1.82, 2.24) is 9.78 Å². The highest BCUT2D eigenvalue weighted by atomic mass is 16.3. The van der Waals surface area contributed by atoms with Gasteiger partial charge in [0.25, 0.3) is 0 Å². The Hall–Kier alpha value is -1.09. The molecule has 1 fully saturated rings. The van der Waals surface area contributed by atoms with Gasteiger partial charge < -0.3 is 5.11 Å². The molecule has 1 saturated carbocycles. The van der Waals surface area contributed by atoms with Gasteiger partial charge in [0.1, 0.15) is 0 Å². The third-order valence-electron chi connectivity index (χ3n) is 3.50. The van der Waals surface area contributed by atoms with E-state index in [-0.39, 0.29) is 6.61 Å². The summed E-state index contributed by atoms with van der Waals surface area (Å²) >= 11 is 0. The first-order chi connectivity index (χ1) is 7.81. The summed E-state index contributed by atoms with van der Waals surface area (Å²) < 4.78 is 1.85. The largest absolute Gasteiger partial charge is 0.392 e. The molecule has 0 bridgehead atoms. The first kappa shape index (κ1) is 11.4. The van der Waals surface area contributed by atoms with Crippen LogP contribution in [0.3, 0.4) is 0 Å². The van der Waals surface area contributed by atoms with E-state index in [1.54, 1.807) is 6.20 Å². The van der Waals surface area contributed by atoms with Crippen LogP contribution >= 0.6 is 0 Å². The maximum Gasteiger partial charge on any atom is 0.0648 e. The number of rotatable bonds is 3. The molecule has 1 aromatic rings. The van der Waals surface area contributed by atoms with Crippen molar-refractivity contribution in [2.75, 3.05) is 6.61 Å². The summed E-state index contributed by atoms with van der Waals surface area (Å²) in [5.41, 5.74) is 2.25. The van der Waals surface area contributed by atoms with Gasteiger partial charge in [-0.3, -0.25) is 4.68 Å². The lowest BCUT2D eigenvalue weighted by Gasteiger charge is -2.23. The highest BCUT2D eigenvalue weighted by molar-refractivity contribution is 5.49. The molecule has 0 unspecified atom stereocenters. The van der Waals surface area contributed by atoms with Crippen LogP contribution in [-0.4, -0.2) is 21.5 Å². The first-order valence-electron chi connectivity index (χ1n) is 6.10. The fraction of sp³-hybridized carbons (Fsp3) is 0.615. The molecule has 1 heterocycles. The van der Waals surface area contributed by atoms with Crippen LogP contribution in [0.25, 0.3) is 6.08 Å². The number of hydrogen-bond acceptors (Lipinski definition) is 2. The molecule has 0 aliphatic heterocycles. The van der Waals surface area contributed by atoms with E-state index in [0.717, 1.165) is 5.69 Å². The van der Waals surface area contributed by atoms with Crippen LogP contribution < -0.4 is 0 Å². The second-order valence-corrected chi connectivity index (χ2v) is 4.59. The Morgan fingerprint density at radius 1 is 1.50 bits per heavy atom. The summed E-state index contributed by atoms with van der Waals surface area (Å²) in [5.74, 6) is 0.577. The van der Waals surface area contributed by atoms with Gasteiger partial charge in [0, 0.05) is 13.2 Å². The van der Waals surface area contributed by atoms with Crippen molar-refractivity contribution in [2.45, 2.75) is 32.1 Å². The molecule has 2 rings (SSSR count). The zero-order valence-corrected chi connectivity index (χ0v) is 9.89. The van der Waals surface area contributed by atoms with Crippen LogP contribution in [-0.2, 0) is 7.05 Å². The molecular weight excluding hydrogens is 200 g/mol. The van der Waals surface area contributed by atoms with Crippen LogP contribution in [0.5, 0.6) is 0 Å². The van der Waals surface area contributed by atoms with Gasteiger partial charge in [-0.2, -0.15) is 5.10 Å². The normalized spacial score (nSPS) is 19.0. The van der Waals surface area contributed by atoms with Crippen LogP contribution in [0.15, 0.2) is 17.8 Å². The summed E-state index contributed by atoms with van der Waals surface area (Å²) in [6.45, 7) is 0.176. The Balaban J connectivity index is 2.14. The number of hydrogen-bond donors (Lipinski definition) is 1. The van der Waals surface area contributed by atoms with Crippen LogP contribution in [0.1, 0.15) is 37.8 Å². The minimum absolute atomic E-state index is 0.176. The highest BCUT2D eigenvalue weighted by Crippen LogP contribution is 2.30. The average Bonchev–Trinajstić information content (AvgIpc) is 2.73. The second-order valence-electron chi connectivity index (χ2n) is 4.59. The number of aliphatic hydroxyl groups is 1. The van der Waals surface area contributed by atoms with Crippen LogP contribution in [0, 0.1) is 5.92 Å². The molecule has 0 radical (unpaired) electrons. The molecule has 1 aliphatic carbocycles. The van der Waals surface area contributed by atoms with Gasteiger partial charge >= 0.3 is 0 Å². The number of aliphatic hydroxyl groups excluding tert-OH is 1. The Morgan fingerprint density at radius 3 is 2.81 bits per heavy atom. The Labute approximate surface area is 96.8 Å². The van der Waals surface area contributed by atoms with E-state index in [9.17, 15) is 5.11 Å². The molecule has 88 valence electrons. The van der Waals surface area contributed by atoms with Gasteiger partial charge in [-0.15, -0.1) is 0 Å². The van der Waals surface area contributed by atoms with Crippen molar-refractivity contribution in [2.24, 2.45) is 13.0 Å². The minimum Gasteiger partial charge on any atom is -0.392 e. The molecule has 3 heteroatoms. The molecule has 0 amide bonds. The molecule has 0 aromatic carbocycles. The van der Waals surface area contributed by atoms with E-state index in [2.05, 4.69) is 11.2 Å². The van der Waals surface area contributed by atoms with Crippen molar-refractivity contribution in [3.05, 3.63) is 23.5 Å². The lowest BCUT2D eigenvalue weighted by atomic mass is 9.83. The molecule has 16 heavy (non-hydrogen) atoms. The Morgan fingerprint density at radius 2 is 2.25 bits per heavy atom. The van der Waals surface area contributed by atoms with E-state index in [4.69, 9.17) is 0 Å². The quantitative estimate of drug-likeness (QED) is 0.849. The van der Waals surface area contributed by atoms with Crippen molar-refractivity contribution in [3.63, 3.8) is 0 Å². The van der Waals surface area contributed by atoms with Crippen LogP contribution in [0.4, 0.5) is 0 Å². The average molecular weight is 220 g/mol. The summed E-state index contributed by atoms with van der Waals surface area (Å²) in [6.07, 6.45) is 10.3. The van der Waals surface area contributed by atoms with Gasteiger partial charge in [0.2, 0.25) is 0 Å². The zero-order chi connectivity index (χ0) is 11.4. The van der Waals surface area contributed by atoms with Gasteiger partial charge in [0.05, 0.1) is 12.3 Å². The smallest absolute Gasteiger partial charge is 0.0648 e. The van der Waals surface area contributed by atoms with E-state index >= 15 is 0 Å². The number of aryl methyl sites for hydroxylation is 1. The number of aromatic nitrogens is 2. The third kappa shape index (κ3) is 2.53. The molecule has 0 saturated heterocycles. The summed E-state index contributed by atoms with van der Waals surface area (Å²) in [6, 6.07) is 1.98. The molecule has 1 aromatic heterocycles. The topological polar surface area (TPSA) is 38.0 Å². The highest BCUT2D eigenvalue weighted by Gasteiger charge is 2.17. The maximum absolute atomic E-state index is 9.47. The van der Waals surface area contributed by atoms with E-state index in [1.165, 1.54) is 37.7 Å².